The molecule has 1 N–H and O–H groups in total. The van der Waals surface area contributed by atoms with Crippen LogP contribution in [-0.2, 0) is 14.8 Å². The predicted molar refractivity (Wildman–Crippen MR) is 133 cm³/mol. The number of nitrogens with zero attached hydrogens (tertiary/aromatic N) is 1. The summed E-state index contributed by atoms with van der Waals surface area (Å²) in [5.41, 5.74) is 2.00. The van der Waals surface area contributed by atoms with Crippen LogP contribution >= 0.6 is 23.2 Å². The summed E-state index contributed by atoms with van der Waals surface area (Å²) in [4.78, 5) is 28.2. The highest BCUT2D eigenvalue weighted by atomic mass is 35.5. The molecule has 3 aromatic carbocycles. The zero-order valence-corrected chi connectivity index (χ0v) is 20.6. The quantitative estimate of drug-likeness (QED) is 0.366. The molecule has 0 aromatic heterocycles. The van der Waals surface area contributed by atoms with Crippen LogP contribution in [0.2, 0.25) is 10.0 Å². The molecule has 174 valence electrons. The number of benzene rings is 3. The number of ketones is 1. The van der Waals surface area contributed by atoms with Gasteiger partial charge >= 0.3 is 0 Å². The highest BCUT2D eigenvalue weighted by Gasteiger charge is 2.42. The van der Waals surface area contributed by atoms with Crippen molar-refractivity contribution in [2.24, 2.45) is 0 Å². The highest BCUT2D eigenvalue weighted by Crippen LogP contribution is 2.46. The van der Waals surface area contributed by atoms with E-state index in [4.69, 9.17) is 23.2 Å². The first kappa shape index (κ1) is 24.0. The van der Waals surface area contributed by atoms with Crippen molar-refractivity contribution in [3.8, 4) is 0 Å². The first-order chi connectivity index (χ1) is 16.1. The number of halogens is 2. The van der Waals surface area contributed by atoms with Gasteiger partial charge in [-0.2, -0.15) is 0 Å². The Hall–Kier alpha value is -3.13. The molecular formula is C25H20Cl2N2O4S. The van der Waals surface area contributed by atoms with Crippen LogP contribution in [0, 0.1) is 6.92 Å². The first-order valence-corrected chi connectivity index (χ1v) is 12.5. The standard InChI is InChI=1S/C25H20Cl2N2O4S/c1-15-8-10-18(11-9-15)34(32,33)28-14-19(24(30)16-6-4-3-5-7-16)22-23-20(27)12-17(26)13-21(23)29(2)25(22)31/h3-14,22,28H,1-2H3/b19-14+. The fourth-order valence-corrected chi connectivity index (χ4v) is 5.33. The van der Waals surface area contributed by atoms with Crippen LogP contribution in [-0.4, -0.2) is 27.2 Å². The number of aryl methyl sites for hydroxylation is 1. The third kappa shape index (κ3) is 4.46. The minimum Gasteiger partial charge on any atom is -0.314 e. The molecule has 1 atom stereocenters. The van der Waals surface area contributed by atoms with Crippen LogP contribution in [0.15, 0.2) is 83.4 Å². The van der Waals surface area contributed by atoms with E-state index in [9.17, 15) is 18.0 Å². The second kappa shape index (κ2) is 9.25. The van der Waals surface area contributed by atoms with E-state index in [0.29, 0.717) is 21.8 Å². The lowest BCUT2D eigenvalue weighted by Crippen LogP contribution is -2.28. The van der Waals surface area contributed by atoms with E-state index >= 15 is 0 Å². The fraction of sp³-hybridized carbons (Fsp3) is 0.120. The molecule has 0 saturated carbocycles. The number of fused-ring (bicyclic) bond motifs is 1. The molecule has 0 radical (unpaired) electrons. The number of hydrogen-bond acceptors (Lipinski definition) is 4. The minimum atomic E-state index is -4.00. The molecule has 1 aliphatic heterocycles. The number of sulfonamides is 1. The Morgan fingerprint density at radius 3 is 2.32 bits per heavy atom. The Kier molecular flexibility index (Phi) is 6.53. The van der Waals surface area contributed by atoms with Crippen molar-refractivity contribution in [1.82, 2.24) is 4.72 Å². The molecule has 6 nitrogen and oxygen atoms in total. The summed E-state index contributed by atoms with van der Waals surface area (Å²) in [5, 5.41) is 0.544. The summed E-state index contributed by atoms with van der Waals surface area (Å²) in [6, 6.07) is 17.7. The molecule has 0 aliphatic carbocycles. The zero-order chi connectivity index (χ0) is 24.6. The molecule has 0 fully saturated rings. The van der Waals surface area contributed by atoms with Gasteiger partial charge < -0.3 is 4.90 Å². The molecule has 0 saturated heterocycles. The Morgan fingerprint density at radius 1 is 1.03 bits per heavy atom. The van der Waals surface area contributed by atoms with Crippen LogP contribution in [0.3, 0.4) is 0 Å². The summed E-state index contributed by atoms with van der Waals surface area (Å²) >= 11 is 12.6. The Balaban J connectivity index is 1.84. The lowest BCUT2D eigenvalue weighted by atomic mass is 9.87. The maximum Gasteiger partial charge on any atom is 0.261 e. The van der Waals surface area contributed by atoms with Crippen molar-refractivity contribution >= 4 is 50.6 Å². The average Bonchev–Trinajstić information content (AvgIpc) is 3.05. The maximum absolute atomic E-state index is 13.5. The number of carbonyl (C=O) groups is 2. The van der Waals surface area contributed by atoms with Gasteiger partial charge in [-0.1, -0.05) is 71.2 Å². The van der Waals surface area contributed by atoms with Crippen molar-refractivity contribution in [1.29, 1.82) is 0 Å². The van der Waals surface area contributed by atoms with Gasteiger partial charge in [0.2, 0.25) is 5.91 Å². The number of nitrogens with one attached hydrogen (secondary N) is 1. The lowest BCUT2D eigenvalue weighted by Gasteiger charge is -2.16. The van der Waals surface area contributed by atoms with Crippen molar-refractivity contribution in [3.05, 3.63) is 105 Å². The second-order valence-corrected chi connectivity index (χ2v) is 10.4. The van der Waals surface area contributed by atoms with Crippen LogP contribution < -0.4 is 9.62 Å². The van der Waals surface area contributed by atoms with E-state index in [2.05, 4.69) is 4.72 Å². The van der Waals surface area contributed by atoms with Gasteiger partial charge in [0.25, 0.3) is 10.0 Å². The van der Waals surface area contributed by atoms with Gasteiger partial charge in [-0.25, -0.2) is 8.42 Å². The number of carbonyl (C=O) groups excluding carboxylic acids is 2. The Bertz CT molecular complexity index is 1420. The summed E-state index contributed by atoms with van der Waals surface area (Å²) < 4.78 is 28.2. The van der Waals surface area contributed by atoms with E-state index in [-0.39, 0.29) is 15.5 Å². The average molecular weight is 515 g/mol. The summed E-state index contributed by atoms with van der Waals surface area (Å²) in [7, 11) is -2.45. The molecular weight excluding hydrogens is 495 g/mol. The van der Waals surface area contributed by atoms with E-state index in [1.54, 1.807) is 55.6 Å². The molecule has 34 heavy (non-hydrogen) atoms. The van der Waals surface area contributed by atoms with Gasteiger partial charge in [-0.05, 0) is 31.2 Å². The SMILES string of the molecule is Cc1ccc(S(=O)(=O)N/C=C(/C(=O)c2ccccc2)C2C(=O)N(C)c3cc(Cl)cc(Cl)c32)cc1. The molecule has 4 rings (SSSR count). The molecule has 1 amide bonds. The second-order valence-electron chi connectivity index (χ2n) is 7.88. The number of amides is 1. The third-order valence-corrected chi connectivity index (χ3v) is 7.46. The van der Waals surface area contributed by atoms with Crippen LogP contribution in [0.5, 0.6) is 0 Å². The predicted octanol–water partition coefficient (Wildman–Crippen LogP) is 5.11. The van der Waals surface area contributed by atoms with Gasteiger partial charge in [0.1, 0.15) is 0 Å². The van der Waals surface area contributed by atoms with Crippen LogP contribution in [0.1, 0.15) is 27.4 Å². The molecule has 0 bridgehead atoms. The Morgan fingerprint density at radius 2 is 1.68 bits per heavy atom. The molecule has 1 heterocycles. The van der Waals surface area contributed by atoms with E-state index in [0.717, 1.165) is 11.8 Å². The van der Waals surface area contributed by atoms with Gasteiger partial charge in [-0.3, -0.25) is 14.3 Å². The minimum absolute atomic E-state index is 0.0286. The van der Waals surface area contributed by atoms with Gasteiger partial charge in [0, 0.05) is 40.0 Å². The molecule has 1 aliphatic rings. The highest BCUT2D eigenvalue weighted by molar-refractivity contribution is 7.89. The molecule has 0 spiro atoms. The number of Topliss-reactive ketones (excluding diaryl/α,β-unsaturated/α-hetero) is 1. The van der Waals surface area contributed by atoms with Gasteiger partial charge in [0.05, 0.1) is 16.5 Å². The van der Waals surface area contributed by atoms with Crippen LogP contribution in [0.4, 0.5) is 5.69 Å². The van der Waals surface area contributed by atoms with Gasteiger partial charge in [0.15, 0.2) is 5.78 Å². The molecule has 9 heteroatoms. The fourth-order valence-electron chi connectivity index (χ4n) is 3.82. The van der Waals surface area contributed by atoms with Crippen LogP contribution in [0.25, 0.3) is 0 Å². The summed E-state index contributed by atoms with van der Waals surface area (Å²) in [6.07, 6.45) is 1.08. The summed E-state index contributed by atoms with van der Waals surface area (Å²) in [6.45, 7) is 1.84. The van der Waals surface area contributed by atoms with Gasteiger partial charge in [-0.15, -0.1) is 0 Å². The van der Waals surface area contributed by atoms with Crippen molar-refractivity contribution < 1.29 is 18.0 Å². The van der Waals surface area contributed by atoms with Crippen molar-refractivity contribution in [2.75, 3.05) is 11.9 Å². The first-order valence-electron chi connectivity index (χ1n) is 10.3. The smallest absolute Gasteiger partial charge is 0.261 e. The summed E-state index contributed by atoms with van der Waals surface area (Å²) in [5.74, 6) is -2.04. The van der Waals surface area contributed by atoms with E-state index in [1.165, 1.54) is 23.1 Å². The largest absolute Gasteiger partial charge is 0.314 e. The lowest BCUT2D eigenvalue weighted by molar-refractivity contribution is -0.118. The Labute approximate surface area is 207 Å². The number of hydrogen-bond donors (Lipinski definition) is 1. The molecule has 3 aromatic rings. The monoisotopic (exact) mass is 514 g/mol. The maximum atomic E-state index is 13.5. The number of likely N-dealkylation sites (N-methyl/N-ethyl adjacent to an activating group) is 1. The van der Waals surface area contributed by atoms with Crippen molar-refractivity contribution in [2.45, 2.75) is 17.7 Å². The number of anilines is 1. The third-order valence-electron chi connectivity index (χ3n) is 5.61. The topological polar surface area (TPSA) is 83.5 Å². The van der Waals surface area contributed by atoms with Crippen molar-refractivity contribution in [3.63, 3.8) is 0 Å². The number of rotatable bonds is 6. The zero-order valence-electron chi connectivity index (χ0n) is 18.2. The van der Waals surface area contributed by atoms with E-state index < -0.39 is 27.6 Å². The molecule has 1 unspecified atom stereocenters. The normalized spacial score (nSPS) is 15.9. The van der Waals surface area contributed by atoms with E-state index in [1.807, 2.05) is 6.92 Å².